The van der Waals surface area contributed by atoms with E-state index in [0.29, 0.717) is 0 Å². The Kier molecular flexibility index (Phi) is 4.61. The molecule has 1 aromatic heterocycles. The van der Waals surface area contributed by atoms with E-state index in [0.717, 1.165) is 22.4 Å². The van der Waals surface area contributed by atoms with Gasteiger partial charge in [-0.1, -0.05) is 61.7 Å². The van der Waals surface area contributed by atoms with Crippen LogP contribution in [0.25, 0.3) is 11.3 Å². The van der Waals surface area contributed by atoms with Crippen molar-refractivity contribution in [2.45, 2.75) is 38.0 Å². The molecule has 0 saturated heterocycles. The number of rotatable bonds is 4. The lowest BCUT2D eigenvalue weighted by atomic mass is 9.84. The van der Waals surface area contributed by atoms with Gasteiger partial charge in [0.25, 0.3) is 0 Å². The number of nitrogens with zero attached hydrogens (tertiary/aromatic N) is 1. The molecule has 1 aliphatic rings. The fourth-order valence-corrected chi connectivity index (χ4v) is 4.21. The van der Waals surface area contributed by atoms with Gasteiger partial charge in [0.15, 0.2) is 5.13 Å². The molecule has 1 N–H and O–H groups in total. The zero-order chi connectivity index (χ0) is 16.2. The normalized spacial score (nSPS) is 15.3. The van der Waals surface area contributed by atoms with Gasteiger partial charge in [-0.15, -0.1) is 11.3 Å². The third kappa shape index (κ3) is 3.51. The summed E-state index contributed by atoms with van der Waals surface area (Å²) in [4.78, 5) is 4.73. The molecule has 1 fully saturated rings. The Hall–Kier alpha value is -2.13. The van der Waals surface area contributed by atoms with Crippen molar-refractivity contribution >= 4 is 22.2 Å². The Balaban J connectivity index is 1.48. The number of hydrogen-bond donors (Lipinski definition) is 1. The molecule has 2 nitrogen and oxygen atoms in total. The Morgan fingerprint density at radius 3 is 2.38 bits per heavy atom. The molecule has 3 aromatic rings. The monoisotopic (exact) mass is 334 g/mol. The van der Waals surface area contributed by atoms with Crippen LogP contribution in [0, 0.1) is 0 Å². The summed E-state index contributed by atoms with van der Waals surface area (Å²) in [6, 6.07) is 19.2. The molecule has 0 radical (unpaired) electrons. The fourth-order valence-electron chi connectivity index (χ4n) is 3.47. The second kappa shape index (κ2) is 7.18. The predicted octanol–water partition coefficient (Wildman–Crippen LogP) is 6.60. The van der Waals surface area contributed by atoms with Gasteiger partial charge in [0.1, 0.15) is 0 Å². The summed E-state index contributed by atoms with van der Waals surface area (Å²) in [5.41, 5.74) is 4.82. The minimum atomic E-state index is 0.763. The first-order valence-electron chi connectivity index (χ1n) is 8.76. The number of thiazole rings is 1. The van der Waals surface area contributed by atoms with E-state index in [1.807, 2.05) is 18.2 Å². The minimum Gasteiger partial charge on any atom is -0.332 e. The maximum atomic E-state index is 4.73. The first-order chi connectivity index (χ1) is 11.9. The van der Waals surface area contributed by atoms with Crippen molar-refractivity contribution in [3.8, 4) is 11.3 Å². The van der Waals surface area contributed by atoms with Gasteiger partial charge >= 0.3 is 0 Å². The molecule has 1 heterocycles. The summed E-state index contributed by atoms with van der Waals surface area (Å²) in [5.74, 6) is 0.763. The highest BCUT2D eigenvalue weighted by molar-refractivity contribution is 7.14. The molecule has 3 heteroatoms. The largest absolute Gasteiger partial charge is 0.332 e. The van der Waals surface area contributed by atoms with Crippen LogP contribution < -0.4 is 5.32 Å². The highest BCUT2D eigenvalue weighted by Gasteiger charge is 2.15. The Morgan fingerprint density at radius 1 is 0.875 bits per heavy atom. The van der Waals surface area contributed by atoms with Crippen LogP contribution in [-0.4, -0.2) is 4.98 Å². The molecule has 0 spiro atoms. The van der Waals surface area contributed by atoms with Crippen LogP contribution in [0.15, 0.2) is 60.0 Å². The molecule has 0 atom stereocenters. The Morgan fingerprint density at radius 2 is 1.62 bits per heavy atom. The smallest absolute Gasteiger partial charge is 0.187 e. The number of hydrogen-bond acceptors (Lipinski definition) is 3. The third-order valence-electron chi connectivity index (χ3n) is 4.81. The van der Waals surface area contributed by atoms with Crippen molar-refractivity contribution in [1.29, 1.82) is 0 Å². The molecule has 4 rings (SSSR count). The van der Waals surface area contributed by atoms with Crippen LogP contribution in [0.3, 0.4) is 0 Å². The predicted molar refractivity (Wildman–Crippen MR) is 103 cm³/mol. The van der Waals surface area contributed by atoms with Crippen molar-refractivity contribution in [2.75, 3.05) is 5.32 Å². The molecular formula is C21H22N2S. The SMILES string of the molecule is c1ccc(Nc2nc(-c3ccc(C4CCCCC4)cc3)cs2)cc1. The molecular weight excluding hydrogens is 312 g/mol. The Bertz CT molecular complexity index is 771. The van der Waals surface area contributed by atoms with E-state index in [9.17, 15) is 0 Å². The summed E-state index contributed by atoms with van der Waals surface area (Å²) in [6.45, 7) is 0. The molecule has 122 valence electrons. The summed E-state index contributed by atoms with van der Waals surface area (Å²) < 4.78 is 0. The van der Waals surface area contributed by atoms with E-state index < -0.39 is 0 Å². The van der Waals surface area contributed by atoms with Crippen molar-refractivity contribution < 1.29 is 0 Å². The second-order valence-corrected chi connectivity index (χ2v) is 7.34. The quantitative estimate of drug-likeness (QED) is 0.581. The van der Waals surface area contributed by atoms with Gasteiger partial charge in [-0.25, -0.2) is 4.98 Å². The number of para-hydroxylation sites is 1. The topological polar surface area (TPSA) is 24.9 Å². The minimum absolute atomic E-state index is 0.763. The second-order valence-electron chi connectivity index (χ2n) is 6.49. The number of benzene rings is 2. The van der Waals surface area contributed by atoms with Gasteiger partial charge in [0.2, 0.25) is 0 Å². The molecule has 0 bridgehead atoms. The average molecular weight is 334 g/mol. The lowest BCUT2D eigenvalue weighted by Gasteiger charge is -2.22. The average Bonchev–Trinajstić information content (AvgIpc) is 3.12. The van der Waals surface area contributed by atoms with E-state index in [1.165, 1.54) is 43.2 Å². The van der Waals surface area contributed by atoms with E-state index in [2.05, 4.69) is 47.1 Å². The number of anilines is 2. The van der Waals surface area contributed by atoms with E-state index >= 15 is 0 Å². The van der Waals surface area contributed by atoms with E-state index in [-0.39, 0.29) is 0 Å². The maximum absolute atomic E-state index is 4.73. The first kappa shape index (κ1) is 15.4. The van der Waals surface area contributed by atoms with Crippen molar-refractivity contribution in [1.82, 2.24) is 4.98 Å². The molecule has 0 aliphatic heterocycles. The van der Waals surface area contributed by atoms with E-state index in [4.69, 9.17) is 4.98 Å². The number of nitrogens with one attached hydrogen (secondary N) is 1. The van der Waals surface area contributed by atoms with Crippen molar-refractivity contribution in [3.05, 3.63) is 65.5 Å². The first-order valence-corrected chi connectivity index (χ1v) is 9.64. The maximum Gasteiger partial charge on any atom is 0.187 e. The van der Waals surface area contributed by atoms with Crippen LogP contribution in [-0.2, 0) is 0 Å². The van der Waals surface area contributed by atoms with Gasteiger partial charge in [0, 0.05) is 16.6 Å². The zero-order valence-corrected chi connectivity index (χ0v) is 14.6. The summed E-state index contributed by atoms with van der Waals surface area (Å²) in [5, 5.41) is 6.43. The molecule has 1 aliphatic carbocycles. The van der Waals surface area contributed by atoms with Gasteiger partial charge in [0.05, 0.1) is 5.69 Å². The van der Waals surface area contributed by atoms with E-state index in [1.54, 1.807) is 11.3 Å². The van der Waals surface area contributed by atoms with Crippen LogP contribution in [0.5, 0.6) is 0 Å². The molecule has 0 amide bonds. The molecule has 1 saturated carbocycles. The Labute approximate surface area is 147 Å². The lowest BCUT2D eigenvalue weighted by Crippen LogP contribution is -2.04. The highest BCUT2D eigenvalue weighted by atomic mass is 32.1. The summed E-state index contributed by atoms with van der Waals surface area (Å²) in [7, 11) is 0. The van der Waals surface area contributed by atoms with Crippen LogP contribution >= 0.6 is 11.3 Å². The zero-order valence-electron chi connectivity index (χ0n) is 13.7. The summed E-state index contributed by atoms with van der Waals surface area (Å²) in [6.07, 6.45) is 6.87. The fraction of sp³-hybridized carbons (Fsp3) is 0.286. The van der Waals surface area contributed by atoms with Crippen LogP contribution in [0.2, 0.25) is 0 Å². The highest BCUT2D eigenvalue weighted by Crippen LogP contribution is 2.34. The number of aromatic nitrogens is 1. The molecule has 2 aromatic carbocycles. The molecule has 0 unspecified atom stereocenters. The molecule has 24 heavy (non-hydrogen) atoms. The van der Waals surface area contributed by atoms with Crippen molar-refractivity contribution in [3.63, 3.8) is 0 Å². The van der Waals surface area contributed by atoms with Crippen molar-refractivity contribution in [2.24, 2.45) is 0 Å². The third-order valence-corrected chi connectivity index (χ3v) is 5.57. The summed E-state index contributed by atoms with van der Waals surface area (Å²) >= 11 is 1.65. The van der Waals surface area contributed by atoms with Gasteiger partial charge in [-0.2, -0.15) is 0 Å². The standard InChI is InChI=1S/C21H22N2S/c1-3-7-16(8-4-1)17-11-13-18(14-12-17)20-15-24-21(23-20)22-19-9-5-2-6-10-19/h2,5-6,9-16H,1,3-4,7-8H2,(H,22,23). The lowest BCUT2D eigenvalue weighted by molar-refractivity contribution is 0.443. The van der Waals surface area contributed by atoms with Gasteiger partial charge in [-0.3, -0.25) is 0 Å². The van der Waals surface area contributed by atoms with Gasteiger partial charge in [-0.05, 0) is 36.5 Å². The van der Waals surface area contributed by atoms with Gasteiger partial charge < -0.3 is 5.32 Å². The van der Waals surface area contributed by atoms with Crippen LogP contribution in [0.1, 0.15) is 43.6 Å². The van der Waals surface area contributed by atoms with Crippen LogP contribution in [0.4, 0.5) is 10.8 Å².